The minimum atomic E-state index is 0.782. The van der Waals surface area contributed by atoms with Crippen molar-refractivity contribution in [3.8, 4) is 34.3 Å². The smallest absolute Gasteiger partial charge is 0.139 e. The van der Waals surface area contributed by atoms with Crippen LogP contribution >= 0.6 is 0 Å². The first-order chi connectivity index (χ1) is 13.7. The van der Waals surface area contributed by atoms with Crippen LogP contribution in [-0.2, 0) is 0 Å². The number of hydrogen-bond donors (Lipinski definition) is 2. The Morgan fingerprint density at radius 1 is 0.643 bits per heavy atom. The molecule has 5 aromatic rings. The Morgan fingerprint density at radius 3 is 1.54 bits per heavy atom. The molecule has 0 spiro atoms. The van der Waals surface area contributed by atoms with Crippen molar-refractivity contribution in [2.75, 3.05) is 14.2 Å². The third-order valence-corrected chi connectivity index (χ3v) is 4.82. The topological polar surface area (TPSA) is 75.8 Å². The summed E-state index contributed by atoms with van der Waals surface area (Å²) in [6, 6.07) is 19.7. The lowest BCUT2D eigenvalue weighted by molar-refractivity contribution is 0.415. The minimum absolute atomic E-state index is 0.782. The Bertz CT molecular complexity index is 1200. The molecule has 138 valence electrons. The van der Waals surface area contributed by atoms with Crippen LogP contribution in [0.5, 0.6) is 11.5 Å². The van der Waals surface area contributed by atoms with Crippen molar-refractivity contribution >= 4 is 22.1 Å². The Morgan fingerprint density at radius 2 is 1.11 bits per heavy atom. The maximum absolute atomic E-state index is 5.30. The highest BCUT2D eigenvalue weighted by molar-refractivity contribution is 5.87. The molecule has 0 aliphatic rings. The van der Waals surface area contributed by atoms with Crippen LogP contribution in [0.2, 0.25) is 0 Å². The van der Waals surface area contributed by atoms with Crippen molar-refractivity contribution in [1.82, 2.24) is 19.9 Å². The lowest BCUT2D eigenvalue weighted by Crippen LogP contribution is -1.88. The largest absolute Gasteiger partial charge is 0.497 e. The van der Waals surface area contributed by atoms with Gasteiger partial charge in [-0.1, -0.05) is 24.3 Å². The van der Waals surface area contributed by atoms with Crippen molar-refractivity contribution < 1.29 is 9.47 Å². The zero-order valence-corrected chi connectivity index (χ0v) is 15.5. The third-order valence-electron chi connectivity index (χ3n) is 4.82. The zero-order valence-electron chi connectivity index (χ0n) is 15.5. The van der Waals surface area contributed by atoms with Crippen molar-refractivity contribution in [2.45, 2.75) is 0 Å². The standard InChI is InChI=1S/C22H18N4O2/c1-27-13-7-9-17-19(11-13)25-21(23-17)15-5-3-4-6-16(15)22-24-18-10-8-14(28-2)12-20(18)26-22/h3-12H,1-2H3,(H,23,25)(H,24,26). The molecule has 6 nitrogen and oxygen atoms in total. The first-order valence-corrected chi connectivity index (χ1v) is 8.92. The molecular weight excluding hydrogens is 352 g/mol. The minimum Gasteiger partial charge on any atom is -0.497 e. The van der Waals surface area contributed by atoms with E-state index in [9.17, 15) is 0 Å². The van der Waals surface area contributed by atoms with Crippen molar-refractivity contribution in [2.24, 2.45) is 0 Å². The first-order valence-electron chi connectivity index (χ1n) is 8.92. The molecular formula is C22H18N4O2. The van der Waals surface area contributed by atoms with Crippen LogP contribution in [0, 0.1) is 0 Å². The monoisotopic (exact) mass is 370 g/mol. The van der Waals surface area contributed by atoms with Gasteiger partial charge in [-0.15, -0.1) is 0 Å². The van der Waals surface area contributed by atoms with E-state index in [4.69, 9.17) is 19.4 Å². The van der Waals surface area contributed by atoms with E-state index in [1.165, 1.54) is 0 Å². The molecule has 6 heteroatoms. The van der Waals surface area contributed by atoms with E-state index in [2.05, 4.69) is 9.97 Å². The van der Waals surface area contributed by atoms with E-state index in [1.54, 1.807) is 14.2 Å². The van der Waals surface area contributed by atoms with E-state index in [0.29, 0.717) is 0 Å². The maximum atomic E-state index is 5.30. The van der Waals surface area contributed by atoms with Gasteiger partial charge in [0.25, 0.3) is 0 Å². The quantitative estimate of drug-likeness (QED) is 0.477. The summed E-state index contributed by atoms with van der Waals surface area (Å²) in [5.74, 6) is 3.14. The van der Waals surface area contributed by atoms with E-state index >= 15 is 0 Å². The SMILES string of the molecule is COc1ccc2[nH]c(-c3ccccc3-c3nc4cc(OC)ccc4[nH]3)nc2c1. The molecule has 0 saturated heterocycles. The Labute approximate surface area is 161 Å². The number of imidazole rings is 2. The molecule has 0 bridgehead atoms. The molecule has 5 rings (SSSR count). The fourth-order valence-corrected chi connectivity index (χ4v) is 3.38. The van der Waals surface area contributed by atoms with Gasteiger partial charge in [-0.25, -0.2) is 9.97 Å². The van der Waals surface area contributed by atoms with E-state index in [0.717, 1.165) is 56.3 Å². The van der Waals surface area contributed by atoms with Gasteiger partial charge < -0.3 is 19.4 Å². The fourth-order valence-electron chi connectivity index (χ4n) is 3.38. The number of aromatic amines is 2. The molecule has 0 aliphatic heterocycles. The van der Waals surface area contributed by atoms with Gasteiger partial charge in [0.05, 0.1) is 36.3 Å². The van der Waals surface area contributed by atoms with Gasteiger partial charge in [-0.3, -0.25) is 0 Å². The van der Waals surface area contributed by atoms with Crippen LogP contribution in [0.1, 0.15) is 0 Å². The van der Waals surface area contributed by atoms with Crippen molar-refractivity contribution in [1.29, 1.82) is 0 Å². The number of nitrogens with one attached hydrogen (secondary N) is 2. The molecule has 3 aromatic carbocycles. The molecule has 0 aliphatic carbocycles. The predicted molar refractivity (Wildman–Crippen MR) is 110 cm³/mol. The fraction of sp³-hybridized carbons (Fsp3) is 0.0909. The van der Waals surface area contributed by atoms with Gasteiger partial charge in [0, 0.05) is 23.3 Å². The number of hydrogen-bond acceptors (Lipinski definition) is 4. The van der Waals surface area contributed by atoms with Gasteiger partial charge in [0.2, 0.25) is 0 Å². The van der Waals surface area contributed by atoms with Gasteiger partial charge in [-0.05, 0) is 24.3 Å². The van der Waals surface area contributed by atoms with E-state index in [1.807, 2.05) is 60.7 Å². The van der Waals surface area contributed by atoms with Crippen LogP contribution in [-0.4, -0.2) is 34.2 Å². The van der Waals surface area contributed by atoms with Crippen LogP contribution in [0.25, 0.3) is 44.8 Å². The summed E-state index contributed by atoms with van der Waals surface area (Å²) in [6.07, 6.45) is 0. The lowest BCUT2D eigenvalue weighted by atomic mass is 10.1. The summed E-state index contributed by atoms with van der Waals surface area (Å²) in [7, 11) is 3.31. The molecule has 0 amide bonds. The summed E-state index contributed by atoms with van der Waals surface area (Å²) >= 11 is 0. The number of benzene rings is 3. The normalized spacial score (nSPS) is 11.2. The average Bonchev–Trinajstić information content (AvgIpc) is 3.36. The third kappa shape index (κ3) is 2.66. The Kier molecular flexibility index (Phi) is 3.76. The molecule has 0 fully saturated rings. The Balaban J connectivity index is 1.65. The summed E-state index contributed by atoms with van der Waals surface area (Å²) < 4.78 is 10.6. The predicted octanol–water partition coefficient (Wildman–Crippen LogP) is 4.79. The van der Waals surface area contributed by atoms with Crippen LogP contribution in [0.3, 0.4) is 0 Å². The number of H-pyrrole nitrogens is 2. The van der Waals surface area contributed by atoms with E-state index < -0.39 is 0 Å². The molecule has 0 atom stereocenters. The number of methoxy groups -OCH3 is 2. The van der Waals surface area contributed by atoms with Crippen LogP contribution in [0.4, 0.5) is 0 Å². The number of aromatic nitrogens is 4. The summed E-state index contributed by atoms with van der Waals surface area (Å²) in [5.41, 5.74) is 5.59. The second kappa shape index (κ2) is 6.42. The average molecular weight is 370 g/mol. The number of ether oxygens (including phenoxy) is 2. The van der Waals surface area contributed by atoms with E-state index in [-0.39, 0.29) is 0 Å². The number of rotatable bonds is 4. The molecule has 0 saturated carbocycles. The highest BCUT2D eigenvalue weighted by Gasteiger charge is 2.14. The van der Waals surface area contributed by atoms with Gasteiger partial charge in [0.15, 0.2) is 0 Å². The molecule has 0 radical (unpaired) electrons. The molecule has 0 unspecified atom stereocenters. The molecule has 2 aromatic heterocycles. The number of fused-ring (bicyclic) bond motifs is 2. The molecule has 2 heterocycles. The van der Waals surface area contributed by atoms with Crippen LogP contribution in [0.15, 0.2) is 60.7 Å². The number of nitrogens with zero attached hydrogens (tertiary/aromatic N) is 2. The zero-order chi connectivity index (χ0) is 19.1. The highest BCUT2D eigenvalue weighted by atomic mass is 16.5. The van der Waals surface area contributed by atoms with Crippen LogP contribution < -0.4 is 9.47 Å². The highest BCUT2D eigenvalue weighted by Crippen LogP contribution is 2.32. The van der Waals surface area contributed by atoms with Gasteiger partial charge in [0.1, 0.15) is 23.1 Å². The van der Waals surface area contributed by atoms with Gasteiger partial charge in [-0.2, -0.15) is 0 Å². The maximum Gasteiger partial charge on any atom is 0.139 e. The lowest BCUT2D eigenvalue weighted by Gasteiger charge is -2.04. The second-order valence-electron chi connectivity index (χ2n) is 6.48. The van der Waals surface area contributed by atoms with Crippen molar-refractivity contribution in [3.63, 3.8) is 0 Å². The summed E-state index contributed by atoms with van der Waals surface area (Å²) in [6.45, 7) is 0. The second-order valence-corrected chi connectivity index (χ2v) is 6.48. The molecule has 28 heavy (non-hydrogen) atoms. The molecule has 2 N–H and O–H groups in total. The first kappa shape index (κ1) is 16.4. The van der Waals surface area contributed by atoms with Gasteiger partial charge >= 0.3 is 0 Å². The summed E-state index contributed by atoms with van der Waals surface area (Å²) in [4.78, 5) is 16.3. The Hall–Kier alpha value is -3.80. The van der Waals surface area contributed by atoms with Crippen molar-refractivity contribution in [3.05, 3.63) is 60.7 Å². The summed E-state index contributed by atoms with van der Waals surface area (Å²) in [5, 5.41) is 0.